The number of ketones is 1. The monoisotopic (exact) mass is 414 g/mol. The number of hydrogen-bond acceptors (Lipinski definition) is 4. The molecule has 3 heterocycles. The SMILES string of the molecule is CC(=O)C1CC1N1C(=O)c2cccc3c(Cc4cnn(C5CCNCC5)c4)ccc1c23. The maximum absolute atomic E-state index is 13.2. The minimum atomic E-state index is -0.0196. The number of benzene rings is 2. The number of rotatable bonds is 5. The molecule has 6 nitrogen and oxygen atoms in total. The van der Waals surface area contributed by atoms with Gasteiger partial charge in [0.05, 0.1) is 17.9 Å². The Balaban J connectivity index is 1.33. The Hall–Kier alpha value is -2.99. The topological polar surface area (TPSA) is 67.2 Å². The number of amides is 1. The highest BCUT2D eigenvalue weighted by Gasteiger charge is 2.50. The van der Waals surface area contributed by atoms with E-state index >= 15 is 0 Å². The van der Waals surface area contributed by atoms with Gasteiger partial charge in [-0.3, -0.25) is 14.3 Å². The van der Waals surface area contributed by atoms with Gasteiger partial charge in [-0.05, 0) is 67.9 Å². The van der Waals surface area contributed by atoms with Gasteiger partial charge in [0.15, 0.2) is 0 Å². The summed E-state index contributed by atoms with van der Waals surface area (Å²) in [7, 11) is 0. The van der Waals surface area contributed by atoms with Crippen LogP contribution < -0.4 is 10.2 Å². The highest BCUT2D eigenvalue weighted by Crippen LogP contribution is 2.47. The van der Waals surface area contributed by atoms with Gasteiger partial charge >= 0.3 is 0 Å². The third-order valence-corrected chi connectivity index (χ3v) is 7.16. The third kappa shape index (κ3) is 3.00. The zero-order valence-electron chi connectivity index (χ0n) is 17.7. The van der Waals surface area contributed by atoms with Crippen LogP contribution in [0.1, 0.15) is 53.7 Å². The molecule has 3 aromatic rings. The number of hydrogen-bond donors (Lipinski definition) is 1. The number of nitrogens with zero attached hydrogens (tertiary/aromatic N) is 3. The Kier molecular flexibility index (Phi) is 4.25. The molecule has 1 aromatic heterocycles. The van der Waals surface area contributed by atoms with Crippen molar-refractivity contribution >= 4 is 28.2 Å². The predicted molar refractivity (Wildman–Crippen MR) is 120 cm³/mol. The van der Waals surface area contributed by atoms with Gasteiger partial charge < -0.3 is 10.2 Å². The Morgan fingerprint density at radius 3 is 2.81 bits per heavy atom. The normalized spacial score (nSPS) is 23.0. The summed E-state index contributed by atoms with van der Waals surface area (Å²) in [6, 6.07) is 10.7. The van der Waals surface area contributed by atoms with Gasteiger partial charge in [-0.25, -0.2) is 0 Å². The summed E-state index contributed by atoms with van der Waals surface area (Å²) in [5.74, 6) is 0.187. The number of carbonyl (C=O) groups is 2. The quantitative estimate of drug-likeness (QED) is 0.694. The molecular formula is C25H26N4O2. The van der Waals surface area contributed by atoms with Crippen molar-refractivity contribution < 1.29 is 9.59 Å². The minimum absolute atomic E-state index is 0.00895. The summed E-state index contributed by atoms with van der Waals surface area (Å²) in [5.41, 5.74) is 4.12. The van der Waals surface area contributed by atoms with Crippen molar-refractivity contribution in [1.82, 2.24) is 15.1 Å². The molecule has 1 amide bonds. The smallest absolute Gasteiger partial charge is 0.259 e. The van der Waals surface area contributed by atoms with Gasteiger partial charge in [0.2, 0.25) is 0 Å². The fourth-order valence-corrected chi connectivity index (χ4v) is 5.41. The van der Waals surface area contributed by atoms with Crippen LogP contribution in [0.5, 0.6) is 0 Å². The standard InChI is InChI=1S/C25H26N4O2/c1-15(30)21-12-23(21)29-22-6-5-17(19-3-2-4-20(24(19)22)25(29)31)11-16-13-27-28(14-16)18-7-9-26-10-8-18/h2-6,13-14,18,21,23,26H,7-12H2,1H3. The Bertz CT molecular complexity index is 1210. The van der Waals surface area contributed by atoms with E-state index in [0.29, 0.717) is 6.04 Å². The first-order valence-corrected chi connectivity index (χ1v) is 11.2. The molecule has 1 saturated heterocycles. The van der Waals surface area contributed by atoms with Crippen LogP contribution >= 0.6 is 0 Å². The molecule has 0 bridgehead atoms. The zero-order chi connectivity index (χ0) is 21.1. The van der Waals surface area contributed by atoms with Crippen LogP contribution in [0.15, 0.2) is 42.7 Å². The van der Waals surface area contributed by atoms with Crippen LogP contribution in [0.3, 0.4) is 0 Å². The Labute approximate surface area is 181 Å². The van der Waals surface area contributed by atoms with E-state index in [9.17, 15) is 9.59 Å². The van der Waals surface area contributed by atoms with Gasteiger partial charge in [-0.15, -0.1) is 0 Å². The first-order valence-electron chi connectivity index (χ1n) is 11.2. The molecule has 1 saturated carbocycles. The number of nitrogens with one attached hydrogen (secondary N) is 1. The molecule has 6 heteroatoms. The van der Waals surface area contributed by atoms with E-state index in [0.717, 1.165) is 60.8 Å². The van der Waals surface area contributed by atoms with Gasteiger partial charge in [0, 0.05) is 35.5 Å². The molecule has 2 atom stereocenters. The second-order valence-corrected chi connectivity index (χ2v) is 9.15. The highest BCUT2D eigenvalue weighted by atomic mass is 16.2. The molecule has 3 aliphatic rings. The van der Waals surface area contributed by atoms with E-state index in [1.54, 1.807) is 6.92 Å². The van der Waals surface area contributed by atoms with Crippen LogP contribution in [0.25, 0.3) is 10.8 Å². The van der Waals surface area contributed by atoms with Gasteiger partial charge in [-0.1, -0.05) is 18.2 Å². The second kappa shape index (κ2) is 7.02. The summed E-state index contributed by atoms with van der Waals surface area (Å²) in [6.07, 6.45) is 7.95. The van der Waals surface area contributed by atoms with Gasteiger partial charge in [0.25, 0.3) is 5.91 Å². The number of carbonyl (C=O) groups excluding carboxylic acids is 2. The summed E-state index contributed by atoms with van der Waals surface area (Å²) >= 11 is 0. The number of anilines is 1. The van der Waals surface area contributed by atoms with E-state index in [1.807, 2.05) is 23.2 Å². The van der Waals surface area contributed by atoms with Crippen LogP contribution in [-0.2, 0) is 11.2 Å². The summed E-state index contributed by atoms with van der Waals surface area (Å²) in [5, 5.41) is 10.2. The molecule has 0 radical (unpaired) electrons. The maximum Gasteiger partial charge on any atom is 0.259 e. The summed E-state index contributed by atoms with van der Waals surface area (Å²) < 4.78 is 2.12. The Morgan fingerprint density at radius 2 is 2.03 bits per heavy atom. The number of aromatic nitrogens is 2. The lowest BCUT2D eigenvalue weighted by atomic mass is 9.97. The first-order chi connectivity index (χ1) is 15.1. The fourth-order valence-electron chi connectivity index (χ4n) is 5.41. The van der Waals surface area contributed by atoms with Crippen molar-refractivity contribution in [1.29, 1.82) is 0 Å². The minimum Gasteiger partial charge on any atom is -0.317 e. The predicted octanol–water partition coefficient (Wildman–Crippen LogP) is 3.49. The van der Waals surface area contributed by atoms with Crippen molar-refractivity contribution in [2.75, 3.05) is 18.0 Å². The fraction of sp³-hybridized carbons (Fsp3) is 0.400. The van der Waals surface area contributed by atoms with E-state index in [1.165, 1.54) is 11.1 Å². The van der Waals surface area contributed by atoms with E-state index in [4.69, 9.17) is 0 Å². The average molecular weight is 415 g/mol. The largest absolute Gasteiger partial charge is 0.317 e. The maximum atomic E-state index is 13.2. The average Bonchev–Trinajstić information content (AvgIpc) is 3.35. The van der Waals surface area contributed by atoms with Crippen molar-refractivity contribution in [2.45, 2.75) is 44.7 Å². The molecule has 6 rings (SSSR count). The molecular weight excluding hydrogens is 388 g/mol. The summed E-state index contributed by atoms with van der Waals surface area (Å²) in [6.45, 7) is 3.72. The Morgan fingerprint density at radius 1 is 1.19 bits per heavy atom. The molecule has 2 fully saturated rings. The van der Waals surface area contributed by atoms with E-state index < -0.39 is 0 Å². The van der Waals surface area contributed by atoms with Crippen molar-refractivity contribution in [2.24, 2.45) is 5.92 Å². The van der Waals surface area contributed by atoms with Gasteiger partial charge in [0.1, 0.15) is 5.78 Å². The molecule has 31 heavy (non-hydrogen) atoms. The number of Topliss-reactive ketones (excluding diaryl/α,β-unsaturated/α-hetero) is 1. The van der Waals surface area contributed by atoms with Crippen LogP contribution in [0, 0.1) is 5.92 Å². The van der Waals surface area contributed by atoms with Crippen molar-refractivity contribution in [3.8, 4) is 0 Å². The lowest BCUT2D eigenvalue weighted by Crippen LogP contribution is -2.31. The first kappa shape index (κ1) is 18.8. The molecule has 2 unspecified atom stereocenters. The van der Waals surface area contributed by atoms with Crippen LogP contribution in [0.4, 0.5) is 5.69 Å². The molecule has 1 aliphatic carbocycles. The second-order valence-electron chi connectivity index (χ2n) is 9.15. The van der Waals surface area contributed by atoms with Crippen LogP contribution in [0.2, 0.25) is 0 Å². The van der Waals surface area contributed by atoms with Gasteiger partial charge in [-0.2, -0.15) is 5.10 Å². The highest BCUT2D eigenvalue weighted by molar-refractivity contribution is 6.26. The summed E-state index contributed by atoms with van der Waals surface area (Å²) in [4.78, 5) is 26.9. The van der Waals surface area contributed by atoms with E-state index in [-0.39, 0.29) is 23.7 Å². The molecule has 2 aliphatic heterocycles. The third-order valence-electron chi connectivity index (χ3n) is 7.16. The van der Waals surface area contributed by atoms with Crippen LogP contribution in [-0.4, -0.2) is 40.6 Å². The molecule has 2 aromatic carbocycles. The molecule has 0 spiro atoms. The number of piperidine rings is 1. The lowest BCUT2D eigenvalue weighted by molar-refractivity contribution is -0.118. The van der Waals surface area contributed by atoms with Crippen molar-refractivity contribution in [3.63, 3.8) is 0 Å². The van der Waals surface area contributed by atoms with E-state index in [2.05, 4.69) is 39.5 Å². The molecule has 1 N–H and O–H groups in total. The lowest BCUT2D eigenvalue weighted by Gasteiger charge is -2.22. The molecule has 158 valence electrons. The van der Waals surface area contributed by atoms with Crippen molar-refractivity contribution in [3.05, 3.63) is 59.4 Å². The zero-order valence-corrected chi connectivity index (χ0v) is 17.7.